The lowest BCUT2D eigenvalue weighted by molar-refractivity contribution is -0.883. The average Bonchev–Trinajstić information content (AvgIpc) is 1.64. The van der Waals surface area contributed by atoms with Gasteiger partial charge in [-0.2, -0.15) is 5.26 Å². The van der Waals surface area contributed by atoms with E-state index in [4.69, 9.17) is 10.4 Å². The van der Waals surface area contributed by atoms with Gasteiger partial charge in [-0.15, -0.1) is 0 Å². The Labute approximate surface area is 67.9 Å². The first kappa shape index (κ1) is 12.4. The first-order chi connectivity index (χ1) is 4.12. The molecule has 0 radical (unpaired) electrons. The molecular formula is C6H13ClN2O. The molecule has 0 rings (SSSR count). The first-order valence-corrected chi connectivity index (χ1v) is 2.92. The van der Waals surface area contributed by atoms with Crippen molar-refractivity contribution < 1.29 is 22.0 Å². The molecule has 0 saturated heterocycles. The van der Waals surface area contributed by atoms with Gasteiger partial charge in [-0.25, -0.2) is 0 Å². The van der Waals surface area contributed by atoms with Gasteiger partial charge in [-0.1, -0.05) is 0 Å². The summed E-state index contributed by atoms with van der Waals surface area (Å²) < 4.78 is 0.576. The molecule has 0 spiro atoms. The summed E-state index contributed by atoms with van der Waals surface area (Å²) in [7, 11) is 3.83. The molecule has 0 bridgehead atoms. The van der Waals surface area contributed by atoms with E-state index in [0.717, 1.165) is 0 Å². The molecule has 0 aromatic carbocycles. The number of rotatable bonds is 3. The van der Waals surface area contributed by atoms with E-state index in [1.807, 2.05) is 14.1 Å². The molecule has 0 aromatic rings. The topological polar surface area (TPSA) is 44.0 Å². The van der Waals surface area contributed by atoms with Crippen molar-refractivity contribution in [2.45, 2.75) is 0 Å². The maximum absolute atomic E-state index is 8.50. The summed E-state index contributed by atoms with van der Waals surface area (Å²) in [4.78, 5) is 0. The Bertz CT molecular complexity index is 119. The Balaban J connectivity index is 0. The van der Waals surface area contributed by atoms with Crippen molar-refractivity contribution in [1.82, 2.24) is 0 Å². The van der Waals surface area contributed by atoms with Gasteiger partial charge in [-0.05, 0) is 0 Å². The third-order valence-electron chi connectivity index (χ3n) is 1.20. The van der Waals surface area contributed by atoms with Gasteiger partial charge in [0.2, 0.25) is 0 Å². The highest BCUT2D eigenvalue weighted by Gasteiger charge is 2.11. The van der Waals surface area contributed by atoms with E-state index >= 15 is 0 Å². The monoisotopic (exact) mass is 164 g/mol. The third-order valence-corrected chi connectivity index (χ3v) is 1.20. The molecule has 0 aliphatic carbocycles. The second-order valence-corrected chi connectivity index (χ2v) is 2.70. The number of nitrogens with zero attached hydrogens (tertiary/aromatic N) is 2. The van der Waals surface area contributed by atoms with Crippen LogP contribution in [-0.2, 0) is 0 Å². The molecule has 0 amide bonds. The number of quaternary nitrogens is 1. The molecule has 0 unspecified atom stereocenters. The van der Waals surface area contributed by atoms with E-state index in [9.17, 15) is 0 Å². The number of hydrogen-bond acceptors (Lipinski definition) is 2. The van der Waals surface area contributed by atoms with Crippen molar-refractivity contribution in [2.75, 3.05) is 33.8 Å². The fourth-order valence-corrected chi connectivity index (χ4v) is 0.541. The molecule has 10 heavy (non-hydrogen) atoms. The zero-order valence-electron chi connectivity index (χ0n) is 6.34. The molecule has 0 aromatic heterocycles. The van der Waals surface area contributed by atoms with Gasteiger partial charge in [0.05, 0.1) is 20.7 Å². The van der Waals surface area contributed by atoms with Crippen LogP contribution in [0.25, 0.3) is 0 Å². The Morgan fingerprint density at radius 3 is 2.30 bits per heavy atom. The fourth-order valence-electron chi connectivity index (χ4n) is 0.541. The molecule has 3 nitrogen and oxygen atoms in total. The van der Waals surface area contributed by atoms with Crippen LogP contribution < -0.4 is 12.4 Å². The van der Waals surface area contributed by atoms with Crippen molar-refractivity contribution in [1.29, 1.82) is 5.26 Å². The molecule has 4 heteroatoms. The van der Waals surface area contributed by atoms with Crippen LogP contribution in [0.1, 0.15) is 0 Å². The van der Waals surface area contributed by atoms with Crippen LogP contribution in [0.4, 0.5) is 0 Å². The molecule has 60 valence electrons. The zero-order valence-corrected chi connectivity index (χ0v) is 7.10. The normalized spacial score (nSPS) is 9.80. The maximum Gasteiger partial charge on any atom is 0.166 e. The van der Waals surface area contributed by atoms with E-state index in [0.29, 0.717) is 17.6 Å². The van der Waals surface area contributed by atoms with Gasteiger partial charge in [-0.3, -0.25) is 0 Å². The highest BCUT2D eigenvalue weighted by Crippen LogP contribution is 1.92. The lowest BCUT2D eigenvalue weighted by atomic mass is 10.4. The molecular weight excluding hydrogens is 152 g/mol. The average molecular weight is 165 g/mol. The molecule has 1 N–H and O–H groups in total. The fraction of sp³-hybridized carbons (Fsp3) is 0.833. The van der Waals surface area contributed by atoms with E-state index < -0.39 is 0 Å². The van der Waals surface area contributed by atoms with Crippen LogP contribution in [0.5, 0.6) is 0 Å². The summed E-state index contributed by atoms with van der Waals surface area (Å²) in [5, 5.41) is 16.8. The third kappa shape index (κ3) is 5.83. The Morgan fingerprint density at radius 1 is 1.50 bits per heavy atom. The summed E-state index contributed by atoms with van der Waals surface area (Å²) in [5.74, 6) is 0. The lowest BCUT2D eigenvalue weighted by Gasteiger charge is -2.25. The summed E-state index contributed by atoms with van der Waals surface area (Å²) in [6.45, 7) is 1.25. The van der Waals surface area contributed by atoms with Crippen LogP contribution in [-0.4, -0.2) is 43.4 Å². The van der Waals surface area contributed by atoms with Crippen molar-refractivity contribution in [3.63, 3.8) is 0 Å². The van der Waals surface area contributed by atoms with Gasteiger partial charge in [0.1, 0.15) is 12.6 Å². The molecule has 0 aliphatic rings. The quantitative estimate of drug-likeness (QED) is 0.349. The van der Waals surface area contributed by atoms with Crippen molar-refractivity contribution in [3.05, 3.63) is 0 Å². The van der Waals surface area contributed by atoms with Gasteiger partial charge in [0.15, 0.2) is 6.54 Å². The smallest absolute Gasteiger partial charge is 0.166 e. The van der Waals surface area contributed by atoms with Gasteiger partial charge < -0.3 is 22.0 Å². The van der Waals surface area contributed by atoms with E-state index in [-0.39, 0.29) is 19.0 Å². The van der Waals surface area contributed by atoms with E-state index in [1.165, 1.54) is 0 Å². The molecule has 0 aliphatic heterocycles. The number of aliphatic hydroxyl groups is 1. The SMILES string of the molecule is C[N+](C)(CC#N)CCO.[Cl-]. The number of halogens is 1. The highest BCUT2D eigenvalue weighted by atomic mass is 35.5. The van der Waals surface area contributed by atoms with E-state index in [2.05, 4.69) is 6.07 Å². The number of aliphatic hydroxyl groups excluding tert-OH is 1. The minimum atomic E-state index is 0. The molecule has 0 saturated carbocycles. The minimum absolute atomic E-state index is 0. The largest absolute Gasteiger partial charge is 1.00 e. The Morgan fingerprint density at radius 2 is 2.00 bits per heavy atom. The number of nitriles is 1. The van der Waals surface area contributed by atoms with Crippen molar-refractivity contribution in [2.24, 2.45) is 0 Å². The zero-order chi connectivity index (χ0) is 7.33. The van der Waals surface area contributed by atoms with Gasteiger partial charge in [0.25, 0.3) is 0 Å². The summed E-state index contributed by atoms with van der Waals surface area (Å²) in [6, 6.07) is 2.05. The highest BCUT2D eigenvalue weighted by molar-refractivity contribution is 4.66. The van der Waals surface area contributed by atoms with Crippen LogP contribution in [0.15, 0.2) is 0 Å². The summed E-state index contributed by atoms with van der Waals surface area (Å²) in [5.41, 5.74) is 0. The maximum atomic E-state index is 8.50. The molecule has 0 heterocycles. The van der Waals surface area contributed by atoms with Gasteiger partial charge >= 0.3 is 0 Å². The van der Waals surface area contributed by atoms with Crippen LogP contribution in [0, 0.1) is 11.3 Å². The minimum Gasteiger partial charge on any atom is -1.00 e. The Kier molecular flexibility index (Phi) is 6.79. The van der Waals surface area contributed by atoms with Crippen molar-refractivity contribution in [3.8, 4) is 6.07 Å². The predicted octanol–water partition coefficient (Wildman–Crippen LogP) is -3.42. The summed E-state index contributed by atoms with van der Waals surface area (Å²) in [6.07, 6.45) is 0. The standard InChI is InChI=1S/C6H13N2O.ClH/c1-8(2,4-3-7)5-6-9;/h9H,4-6H2,1-2H3;1H/q+1;/p-1. The molecule has 0 atom stereocenters. The second kappa shape index (κ2) is 5.48. The first-order valence-electron chi connectivity index (χ1n) is 2.92. The summed E-state index contributed by atoms with van der Waals surface area (Å²) >= 11 is 0. The Hall–Kier alpha value is -0.300. The number of hydrogen-bond donors (Lipinski definition) is 1. The van der Waals surface area contributed by atoms with Crippen molar-refractivity contribution >= 4 is 0 Å². The van der Waals surface area contributed by atoms with E-state index in [1.54, 1.807) is 0 Å². The lowest BCUT2D eigenvalue weighted by Crippen LogP contribution is -3.00. The van der Waals surface area contributed by atoms with Crippen LogP contribution in [0.3, 0.4) is 0 Å². The number of likely N-dealkylation sites (N-methyl/N-ethyl adjacent to an activating group) is 1. The van der Waals surface area contributed by atoms with Crippen LogP contribution in [0.2, 0.25) is 0 Å². The second-order valence-electron chi connectivity index (χ2n) is 2.70. The predicted molar refractivity (Wildman–Crippen MR) is 34.5 cm³/mol. The van der Waals surface area contributed by atoms with Gasteiger partial charge in [0, 0.05) is 0 Å². The van der Waals surface area contributed by atoms with Crippen LogP contribution >= 0.6 is 0 Å². The molecule has 0 fully saturated rings.